The van der Waals surface area contributed by atoms with Gasteiger partial charge in [-0.3, -0.25) is 0 Å². The SMILES string of the molecule is N#CCCNC1CCc2c(F)cccc21. The molecular formula is C12H13FN2. The number of nitrogens with zero attached hydrogens (tertiary/aromatic N) is 1. The van der Waals surface area contributed by atoms with E-state index in [1.165, 1.54) is 6.07 Å². The molecule has 78 valence electrons. The molecule has 1 atom stereocenters. The van der Waals surface area contributed by atoms with Crippen molar-refractivity contribution >= 4 is 0 Å². The minimum Gasteiger partial charge on any atom is -0.309 e. The van der Waals surface area contributed by atoms with Crippen molar-refractivity contribution in [3.8, 4) is 6.07 Å². The summed E-state index contributed by atoms with van der Waals surface area (Å²) in [6.07, 6.45) is 2.23. The zero-order valence-corrected chi connectivity index (χ0v) is 8.46. The Morgan fingerprint density at radius 2 is 2.40 bits per heavy atom. The van der Waals surface area contributed by atoms with Gasteiger partial charge in [-0.25, -0.2) is 4.39 Å². The highest BCUT2D eigenvalue weighted by Crippen LogP contribution is 2.32. The minimum absolute atomic E-state index is 0.0999. The monoisotopic (exact) mass is 204 g/mol. The Morgan fingerprint density at radius 1 is 1.53 bits per heavy atom. The van der Waals surface area contributed by atoms with Crippen LogP contribution < -0.4 is 5.32 Å². The average Bonchev–Trinajstić information content (AvgIpc) is 2.64. The van der Waals surface area contributed by atoms with Crippen LogP contribution in [0.2, 0.25) is 0 Å². The van der Waals surface area contributed by atoms with E-state index in [0.29, 0.717) is 13.0 Å². The fourth-order valence-electron chi connectivity index (χ4n) is 2.12. The summed E-state index contributed by atoms with van der Waals surface area (Å²) in [6, 6.07) is 7.54. The molecule has 0 fully saturated rings. The van der Waals surface area contributed by atoms with Crippen LogP contribution in [0.1, 0.15) is 30.0 Å². The van der Waals surface area contributed by atoms with Crippen molar-refractivity contribution in [1.82, 2.24) is 5.32 Å². The van der Waals surface area contributed by atoms with Gasteiger partial charge < -0.3 is 5.32 Å². The molecule has 3 heteroatoms. The van der Waals surface area contributed by atoms with Crippen molar-refractivity contribution in [2.24, 2.45) is 0 Å². The molecular weight excluding hydrogens is 191 g/mol. The van der Waals surface area contributed by atoms with E-state index < -0.39 is 0 Å². The fourth-order valence-corrected chi connectivity index (χ4v) is 2.12. The number of nitrogens with one attached hydrogen (secondary N) is 1. The Morgan fingerprint density at radius 3 is 3.20 bits per heavy atom. The molecule has 0 radical (unpaired) electrons. The molecule has 1 N–H and O–H groups in total. The molecule has 0 heterocycles. The second kappa shape index (κ2) is 4.41. The molecule has 0 aliphatic heterocycles. The maximum atomic E-state index is 13.4. The normalized spacial score (nSPS) is 18.5. The lowest BCUT2D eigenvalue weighted by Gasteiger charge is -2.12. The smallest absolute Gasteiger partial charge is 0.126 e. The molecule has 1 aliphatic rings. The Kier molecular flexibility index (Phi) is 2.98. The van der Waals surface area contributed by atoms with Crippen molar-refractivity contribution in [1.29, 1.82) is 5.26 Å². The van der Waals surface area contributed by atoms with Crippen LogP contribution in [0.4, 0.5) is 4.39 Å². The highest BCUT2D eigenvalue weighted by atomic mass is 19.1. The molecule has 1 aromatic rings. The molecule has 0 amide bonds. The van der Waals surface area contributed by atoms with Gasteiger partial charge in [-0.15, -0.1) is 0 Å². The summed E-state index contributed by atoms with van der Waals surface area (Å²) in [7, 11) is 0. The van der Waals surface area contributed by atoms with E-state index in [1.54, 1.807) is 6.07 Å². The number of hydrogen-bond acceptors (Lipinski definition) is 2. The van der Waals surface area contributed by atoms with Crippen molar-refractivity contribution < 1.29 is 4.39 Å². The minimum atomic E-state index is -0.0999. The van der Waals surface area contributed by atoms with Crippen LogP contribution in [0.5, 0.6) is 0 Å². The summed E-state index contributed by atoms with van der Waals surface area (Å²) < 4.78 is 13.4. The quantitative estimate of drug-likeness (QED) is 0.767. The first kappa shape index (κ1) is 10.1. The van der Waals surface area contributed by atoms with Gasteiger partial charge in [-0.1, -0.05) is 12.1 Å². The number of nitriles is 1. The van der Waals surface area contributed by atoms with Gasteiger partial charge >= 0.3 is 0 Å². The summed E-state index contributed by atoms with van der Waals surface area (Å²) in [5.74, 6) is -0.0999. The van der Waals surface area contributed by atoms with Gasteiger partial charge in [0.1, 0.15) is 5.82 Å². The van der Waals surface area contributed by atoms with Crippen molar-refractivity contribution in [2.45, 2.75) is 25.3 Å². The van der Waals surface area contributed by atoms with Crippen LogP contribution in [0.3, 0.4) is 0 Å². The third-order valence-corrected chi connectivity index (χ3v) is 2.84. The molecule has 0 saturated carbocycles. The topological polar surface area (TPSA) is 35.8 Å². The van der Waals surface area contributed by atoms with E-state index in [4.69, 9.17) is 5.26 Å². The summed E-state index contributed by atoms with van der Waals surface area (Å²) in [4.78, 5) is 0. The number of rotatable bonds is 3. The van der Waals surface area contributed by atoms with Crippen molar-refractivity contribution in [3.05, 3.63) is 35.1 Å². The first-order valence-electron chi connectivity index (χ1n) is 5.20. The van der Waals surface area contributed by atoms with Gasteiger partial charge in [-0.2, -0.15) is 5.26 Å². The third kappa shape index (κ3) is 2.00. The Balaban J connectivity index is 2.09. The van der Waals surface area contributed by atoms with Crippen LogP contribution in [0.25, 0.3) is 0 Å². The fraction of sp³-hybridized carbons (Fsp3) is 0.417. The molecule has 0 spiro atoms. The zero-order chi connectivity index (χ0) is 10.7. The molecule has 2 rings (SSSR count). The summed E-state index contributed by atoms with van der Waals surface area (Å²) in [5, 5.41) is 11.7. The van der Waals surface area contributed by atoms with Gasteiger partial charge in [-0.05, 0) is 30.0 Å². The number of fused-ring (bicyclic) bond motifs is 1. The Hall–Kier alpha value is -1.40. The molecule has 15 heavy (non-hydrogen) atoms. The molecule has 0 bridgehead atoms. The lowest BCUT2D eigenvalue weighted by atomic mass is 10.1. The van der Waals surface area contributed by atoms with Crippen molar-refractivity contribution in [3.63, 3.8) is 0 Å². The van der Waals surface area contributed by atoms with Crippen LogP contribution >= 0.6 is 0 Å². The van der Waals surface area contributed by atoms with Crippen LogP contribution in [-0.2, 0) is 6.42 Å². The lowest BCUT2D eigenvalue weighted by Crippen LogP contribution is -2.20. The molecule has 2 nitrogen and oxygen atoms in total. The average molecular weight is 204 g/mol. The molecule has 1 aromatic carbocycles. The van der Waals surface area contributed by atoms with E-state index in [9.17, 15) is 4.39 Å². The van der Waals surface area contributed by atoms with E-state index in [-0.39, 0.29) is 11.9 Å². The first-order chi connectivity index (χ1) is 7.33. The predicted molar refractivity (Wildman–Crippen MR) is 55.7 cm³/mol. The predicted octanol–water partition coefficient (Wildman–Crippen LogP) is 2.32. The van der Waals surface area contributed by atoms with Crippen molar-refractivity contribution in [2.75, 3.05) is 6.54 Å². The lowest BCUT2D eigenvalue weighted by molar-refractivity contribution is 0.538. The standard InChI is InChI=1S/C12H13FN2/c13-11-4-1-3-10-9(11)5-6-12(10)15-8-2-7-14/h1,3-4,12,15H,2,5-6,8H2. The highest BCUT2D eigenvalue weighted by molar-refractivity contribution is 5.35. The van der Waals surface area contributed by atoms with Gasteiger partial charge in [0.25, 0.3) is 0 Å². The van der Waals surface area contributed by atoms with E-state index in [1.807, 2.05) is 6.07 Å². The van der Waals surface area contributed by atoms with E-state index >= 15 is 0 Å². The van der Waals surface area contributed by atoms with Gasteiger partial charge in [0, 0.05) is 19.0 Å². The van der Waals surface area contributed by atoms with Gasteiger partial charge in [0.05, 0.1) is 6.07 Å². The molecule has 1 unspecified atom stereocenters. The number of halogens is 1. The largest absolute Gasteiger partial charge is 0.309 e. The summed E-state index contributed by atoms with van der Waals surface area (Å²) in [6.45, 7) is 0.678. The third-order valence-electron chi connectivity index (χ3n) is 2.84. The van der Waals surface area contributed by atoms with E-state index in [0.717, 1.165) is 24.0 Å². The maximum absolute atomic E-state index is 13.4. The molecule has 1 aliphatic carbocycles. The van der Waals surface area contributed by atoms with Crippen LogP contribution in [0.15, 0.2) is 18.2 Å². The first-order valence-corrected chi connectivity index (χ1v) is 5.20. The molecule has 0 aromatic heterocycles. The summed E-state index contributed by atoms with van der Waals surface area (Å²) >= 11 is 0. The Labute approximate surface area is 88.7 Å². The zero-order valence-electron chi connectivity index (χ0n) is 8.46. The number of hydrogen-bond donors (Lipinski definition) is 1. The van der Waals surface area contributed by atoms with Crippen LogP contribution in [-0.4, -0.2) is 6.54 Å². The highest BCUT2D eigenvalue weighted by Gasteiger charge is 2.23. The Bertz CT molecular complexity index is 395. The maximum Gasteiger partial charge on any atom is 0.126 e. The van der Waals surface area contributed by atoms with Gasteiger partial charge in [0.2, 0.25) is 0 Å². The van der Waals surface area contributed by atoms with Gasteiger partial charge in [0.15, 0.2) is 0 Å². The van der Waals surface area contributed by atoms with Crippen LogP contribution in [0, 0.1) is 17.1 Å². The number of benzene rings is 1. The second-order valence-electron chi connectivity index (χ2n) is 3.76. The molecule has 0 saturated heterocycles. The van der Waals surface area contributed by atoms with E-state index in [2.05, 4.69) is 11.4 Å². The summed E-state index contributed by atoms with van der Waals surface area (Å²) in [5.41, 5.74) is 1.90. The second-order valence-corrected chi connectivity index (χ2v) is 3.76.